The Balaban J connectivity index is 2.86. The Morgan fingerprint density at radius 2 is 1.44 bits per heavy atom. The van der Waals surface area contributed by atoms with E-state index in [0.717, 1.165) is 38.9 Å². The SMILES string of the molecule is CCCCCN(C)c1c(N(CC)CC)c(=O)c1=O. The van der Waals surface area contributed by atoms with E-state index in [4.69, 9.17) is 0 Å². The van der Waals surface area contributed by atoms with Gasteiger partial charge in [0.25, 0.3) is 10.9 Å². The van der Waals surface area contributed by atoms with Crippen LogP contribution in [0.3, 0.4) is 0 Å². The molecule has 0 unspecified atom stereocenters. The predicted molar refractivity (Wildman–Crippen MR) is 77.7 cm³/mol. The molecular formula is C14H24N2O2. The van der Waals surface area contributed by atoms with Crippen molar-refractivity contribution in [3.63, 3.8) is 0 Å². The lowest BCUT2D eigenvalue weighted by molar-refractivity contribution is 0.701. The van der Waals surface area contributed by atoms with Crippen LogP contribution < -0.4 is 20.7 Å². The first-order valence-corrected chi connectivity index (χ1v) is 6.87. The maximum Gasteiger partial charge on any atom is 0.253 e. The molecule has 4 nitrogen and oxygen atoms in total. The third-order valence-corrected chi connectivity index (χ3v) is 3.42. The Bertz CT molecular complexity index is 443. The molecule has 0 amide bonds. The maximum atomic E-state index is 11.7. The van der Waals surface area contributed by atoms with E-state index >= 15 is 0 Å². The van der Waals surface area contributed by atoms with Crippen molar-refractivity contribution in [2.24, 2.45) is 0 Å². The summed E-state index contributed by atoms with van der Waals surface area (Å²) < 4.78 is 0. The first-order valence-electron chi connectivity index (χ1n) is 6.87. The van der Waals surface area contributed by atoms with Gasteiger partial charge in [0.1, 0.15) is 11.4 Å². The van der Waals surface area contributed by atoms with Crippen LogP contribution in [0.25, 0.3) is 0 Å². The molecule has 0 spiro atoms. The average molecular weight is 252 g/mol. The van der Waals surface area contributed by atoms with E-state index in [9.17, 15) is 9.59 Å². The number of nitrogens with zero attached hydrogens (tertiary/aromatic N) is 2. The van der Waals surface area contributed by atoms with Crippen LogP contribution in [0.4, 0.5) is 11.4 Å². The molecule has 0 saturated heterocycles. The van der Waals surface area contributed by atoms with Gasteiger partial charge < -0.3 is 9.80 Å². The van der Waals surface area contributed by atoms with Crippen molar-refractivity contribution in [2.75, 3.05) is 36.5 Å². The molecule has 0 atom stereocenters. The van der Waals surface area contributed by atoms with Crippen molar-refractivity contribution < 1.29 is 0 Å². The summed E-state index contributed by atoms with van der Waals surface area (Å²) in [6, 6.07) is 0. The average Bonchev–Trinajstić information content (AvgIpc) is 2.38. The Morgan fingerprint density at radius 1 is 0.889 bits per heavy atom. The smallest absolute Gasteiger partial charge is 0.253 e. The minimum absolute atomic E-state index is 0.323. The topological polar surface area (TPSA) is 40.6 Å². The molecule has 0 aromatic heterocycles. The Kier molecular flexibility index (Phi) is 5.38. The van der Waals surface area contributed by atoms with Crippen LogP contribution in [0.2, 0.25) is 0 Å². The highest BCUT2D eigenvalue weighted by atomic mass is 16.2. The zero-order valence-electron chi connectivity index (χ0n) is 12.0. The van der Waals surface area contributed by atoms with Crippen LogP contribution in [0.5, 0.6) is 0 Å². The maximum absolute atomic E-state index is 11.7. The van der Waals surface area contributed by atoms with Crippen LogP contribution in [-0.4, -0.2) is 26.7 Å². The highest BCUT2D eigenvalue weighted by Crippen LogP contribution is 2.23. The Morgan fingerprint density at radius 3 is 1.94 bits per heavy atom. The number of anilines is 2. The van der Waals surface area contributed by atoms with Crippen molar-refractivity contribution in [1.82, 2.24) is 0 Å². The summed E-state index contributed by atoms with van der Waals surface area (Å²) in [4.78, 5) is 27.3. The number of hydrogen-bond donors (Lipinski definition) is 0. The third-order valence-electron chi connectivity index (χ3n) is 3.42. The largest absolute Gasteiger partial charge is 0.370 e. The van der Waals surface area contributed by atoms with Gasteiger partial charge >= 0.3 is 0 Å². The van der Waals surface area contributed by atoms with E-state index in [1.54, 1.807) is 0 Å². The van der Waals surface area contributed by atoms with Gasteiger partial charge in [-0.05, 0) is 20.3 Å². The van der Waals surface area contributed by atoms with Gasteiger partial charge in [0, 0.05) is 26.7 Å². The fraction of sp³-hybridized carbons (Fsp3) is 0.714. The molecule has 0 heterocycles. The van der Waals surface area contributed by atoms with E-state index in [2.05, 4.69) is 6.92 Å². The molecule has 1 rings (SSSR count). The highest BCUT2D eigenvalue weighted by Gasteiger charge is 2.26. The molecule has 0 aliphatic rings. The molecule has 1 aromatic carbocycles. The minimum Gasteiger partial charge on any atom is -0.370 e. The van der Waals surface area contributed by atoms with Crippen molar-refractivity contribution >= 4 is 11.4 Å². The number of rotatable bonds is 8. The second kappa shape index (κ2) is 6.57. The van der Waals surface area contributed by atoms with Gasteiger partial charge in [-0.2, -0.15) is 0 Å². The molecule has 0 N–H and O–H groups in total. The molecule has 102 valence electrons. The van der Waals surface area contributed by atoms with E-state index in [0.29, 0.717) is 11.4 Å². The molecule has 4 heteroatoms. The van der Waals surface area contributed by atoms with Crippen LogP contribution >= 0.6 is 0 Å². The van der Waals surface area contributed by atoms with Gasteiger partial charge in [0.15, 0.2) is 0 Å². The highest BCUT2D eigenvalue weighted by molar-refractivity contribution is 5.76. The lowest BCUT2D eigenvalue weighted by Gasteiger charge is -2.29. The van der Waals surface area contributed by atoms with E-state index < -0.39 is 0 Å². The van der Waals surface area contributed by atoms with Gasteiger partial charge in [-0.15, -0.1) is 0 Å². The predicted octanol–water partition coefficient (Wildman–Crippen LogP) is 1.76. The minimum atomic E-state index is -0.323. The normalized spacial score (nSPS) is 10.9. The molecule has 0 aliphatic carbocycles. The van der Waals surface area contributed by atoms with Crippen LogP contribution in [0, 0.1) is 0 Å². The summed E-state index contributed by atoms with van der Waals surface area (Å²) in [5.74, 6) is 0. The summed E-state index contributed by atoms with van der Waals surface area (Å²) in [5, 5.41) is 0. The van der Waals surface area contributed by atoms with Crippen LogP contribution in [-0.2, 0) is 0 Å². The van der Waals surface area contributed by atoms with Crippen molar-refractivity contribution in [3.05, 3.63) is 20.4 Å². The second-order valence-electron chi connectivity index (χ2n) is 4.66. The molecule has 0 saturated carbocycles. The molecule has 0 bridgehead atoms. The molecule has 0 fully saturated rings. The van der Waals surface area contributed by atoms with Gasteiger partial charge in [0.05, 0.1) is 0 Å². The van der Waals surface area contributed by atoms with E-state index in [1.165, 1.54) is 0 Å². The molecule has 1 aromatic rings. The molecular weight excluding hydrogens is 228 g/mol. The van der Waals surface area contributed by atoms with E-state index in [1.807, 2.05) is 30.7 Å². The monoisotopic (exact) mass is 252 g/mol. The molecule has 18 heavy (non-hydrogen) atoms. The van der Waals surface area contributed by atoms with Gasteiger partial charge in [-0.25, -0.2) is 0 Å². The van der Waals surface area contributed by atoms with Crippen LogP contribution in [0.15, 0.2) is 9.59 Å². The quantitative estimate of drug-likeness (QED) is 0.522. The Hall–Kier alpha value is -1.32. The lowest BCUT2D eigenvalue weighted by atomic mass is 10.1. The zero-order valence-corrected chi connectivity index (χ0v) is 12.0. The van der Waals surface area contributed by atoms with Crippen molar-refractivity contribution in [1.29, 1.82) is 0 Å². The fourth-order valence-electron chi connectivity index (χ4n) is 2.27. The fourth-order valence-corrected chi connectivity index (χ4v) is 2.27. The first kappa shape index (κ1) is 14.7. The van der Waals surface area contributed by atoms with Crippen molar-refractivity contribution in [3.8, 4) is 0 Å². The molecule has 0 aliphatic heterocycles. The summed E-state index contributed by atoms with van der Waals surface area (Å²) in [6.45, 7) is 8.52. The third kappa shape index (κ3) is 2.74. The second-order valence-corrected chi connectivity index (χ2v) is 4.66. The van der Waals surface area contributed by atoms with Gasteiger partial charge in [-0.3, -0.25) is 9.59 Å². The van der Waals surface area contributed by atoms with Crippen LogP contribution in [0.1, 0.15) is 40.0 Å². The molecule has 0 radical (unpaired) electrons. The number of unbranched alkanes of at least 4 members (excludes halogenated alkanes) is 2. The summed E-state index contributed by atoms with van der Waals surface area (Å²) >= 11 is 0. The van der Waals surface area contributed by atoms with Gasteiger partial charge in [0.2, 0.25) is 0 Å². The van der Waals surface area contributed by atoms with Crippen molar-refractivity contribution in [2.45, 2.75) is 40.0 Å². The Labute approximate surface area is 109 Å². The van der Waals surface area contributed by atoms with Gasteiger partial charge in [-0.1, -0.05) is 19.8 Å². The summed E-state index contributed by atoms with van der Waals surface area (Å²) in [6.07, 6.45) is 3.37. The lowest BCUT2D eigenvalue weighted by Crippen LogP contribution is -2.45. The standard InChI is InChI=1S/C14H24N2O2/c1-5-8-9-10-15(4)11-12(14(18)13(11)17)16(6-2)7-3/h5-10H2,1-4H3. The zero-order chi connectivity index (χ0) is 13.7. The summed E-state index contributed by atoms with van der Waals surface area (Å²) in [5.41, 5.74) is 0.579. The first-order chi connectivity index (χ1) is 8.58. The number of hydrogen-bond acceptors (Lipinski definition) is 4. The summed E-state index contributed by atoms with van der Waals surface area (Å²) in [7, 11) is 1.90. The van der Waals surface area contributed by atoms with E-state index in [-0.39, 0.29) is 10.9 Å².